The van der Waals surface area contributed by atoms with E-state index in [1.54, 1.807) is 11.0 Å². The van der Waals surface area contributed by atoms with Gasteiger partial charge in [0.1, 0.15) is 0 Å². The summed E-state index contributed by atoms with van der Waals surface area (Å²) in [6, 6.07) is 5.48. The molecular formula is C15H21ClN2O5. The summed E-state index contributed by atoms with van der Waals surface area (Å²) in [5, 5.41) is 11.6. The second-order valence-corrected chi connectivity index (χ2v) is 5.07. The predicted molar refractivity (Wildman–Crippen MR) is 86.0 cm³/mol. The molecule has 2 N–H and O–H groups in total. The Balaban J connectivity index is 0.00000264. The number of nitrogens with zero attached hydrogens (tertiary/aromatic N) is 1. The van der Waals surface area contributed by atoms with E-state index < -0.39 is 5.97 Å². The third-order valence-corrected chi connectivity index (χ3v) is 3.19. The van der Waals surface area contributed by atoms with Crippen molar-refractivity contribution in [2.24, 2.45) is 0 Å². The van der Waals surface area contributed by atoms with Gasteiger partial charge in [-0.15, -0.1) is 12.4 Å². The van der Waals surface area contributed by atoms with Crippen LogP contribution >= 0.6 is 12.4 Å². The third kappa shape index (κ3) is 5.96. The molecule has 1 heterocycles. The second-order valence-electron chi connectivity index (χ2n) is 5.07. The summed E-state index contributed by atoms with van der Waals surface area (Å²) in [7, 11) is 0. The van der Waals surface area contributed by atoms with Crippen molar-refractivity contribution in [2.45, 2.75) is 19.9 Å². The van der Waals surface area contributed by atoms with E-state index in [2.05, 4.69) is 5.32 Å². The Hall–Kier alpha value is -1.99. The Bertz CT molecular complexity index is 553. The smallest absolute Gasteiger partial charge is 0.317 e. The number of amides is 1. The lowest BCUT2D eigenvalue weighted by Crippen LogP contribution is -2.39. The Morgan fingerprint density at radius 2 is 2.00 bits per heavy atom. The number of carboxylic acids is 1. The highest BCUT2D eigenvalue weighted by atomic mass is 35.5. The fourth-order valence-corrected chi connectivity index (χ4v) is 2.23. The summed E-state index contributed by atoms with van der Waals surface area (Å²) in [5.74, 6) is 0.236. The minimum atomic E-state index is -0.933. The van der Waals surface area contributed by atoms with Gasteiger partial charge in [-0.3, -0.25) is 14.5 Å². The van der Waals surface area contributed by atoms with Crippen molar-refractivity contribution in [3.63, 3.8) is 0 Å². The van der Waals surface area contributed by atoms with E-state index in [-0.39, 0.29) is 38.2 Å². The molecule has 0 radical (unpaired) electrons. The largest absolute Gasteiger partial charge is 0.480 e. The number of fused-ring (bicyclic) bond motifs is 1. The molecule has 1 aromatic rings. The van der Waals surface area contributed by atoms with Crippen molar-refractivity contribution < 1.29 is 24.2 Å². The summed E-state index contributed by atoms with van der Waals surface area (Å²) in [4.78, 5) is 24.3. The summed E-state index contributed by atoms with van der Waals surface area (Å²) < 4.78 is 10.5. The molecule has 23 heavy (non-hydrogen) atoms. The number of aliphatic carboxylic acids is 1. The van der Waals surface area contributed by atoms with Gasteiger partial charge in [-0.05, 0) is 30.7 Å². The summed E-state index contributed by atoms with van der Waals surface area (Å²) in [5.41, 5.74) is 0.901. The van der Waals surface area contributed by atoms with Crippen LogP contribution in [0.25, 0.3) is 0 Å². The van der Waals surface area contributed by atoms with Gasteiger partial charge in [0.05, 0.1) is 13.1 Å². The second kappa shape index (κ2) is 9.22. The highest BCUT2D eigenvalue weighted by Crippen LogP contribution is 2.32. The first-order valence-electron chi connectivity index (χ1n) is 7.18. The molecule has 0 atom stereocenters. The van der Waals surface area contributed by atoms with Gasteiger partial charge in [-0.25, -0.2) is 0 Å². The summed E-state index contributed by atoms with van der Waals surface area (Å²) in [6.07, 6.45) is 0.794. The van der Waals surface area contributed by atoms with Crippen LogP contribution in [0.5, 0.6) is 11.5 Å². The standard InChI is InChI=1S/C15H20N2O5.ClH/c1-2-5-17(9-15(19)20)8-14(18)16-7-11-3-4-12-13(6-11)22-10-21-12;/h3-4,6H,2,5,7-10H2,1H3,(H,16,18)(H,19,20);1H. The van der Waals surface area contributed by atoms with E-state index in [9.17, 15) is 9.59 Å². The first-order chi connectivity index (χ1) is 10.6. The van der Waals surface area contributed by atoms with Gasteiger partial charge >= 0.3 is 5.97 Å². The van der Waals surface area contributed by atoms with Crippen LogP contribution in [-0.2, 0) is 16.1 Å². The van der Waals surface area contributed by atoms with Gasteiger partial charge in [0, 0.05) is 6.54 Å². The lowest BCUT2D eigenvalue weighted by Gasteiger charge is -2.18. The molecule has 128 valence electrons. The molecule has 0 bridgehead atoms. The molecule has 7 nitrogen and oxygen atoms in total. The van der Waals surface area contributed by atoms with Crippen molar-refractivity contribution in [1.29, 1.82) is 0 Å². The van der Waals surface area contributed by atoms with Crippen LogP contribution in [0.1, 0.15) is 18.9 Å². The zero-order valence-electron chi connectivity index (χ0n) is 12.9. The van der Waals surface area contributed by atoms with Crippen molar-refractivity contribution in [3.8, 4) is 11.5 Å². The van der Waals surface area contributed by atoms with Gasteiger partial charge in [-0.2, -0.15) is 0 Å². The topological polar surface area (TPSA) is 88.1 Å². The fourth-order valence-electron chi connectivity index (χ4n) is 2.23. The number of rotatable bonds is 8. The number of benzene rings is 1. The monoisotopic (exact) mass is 344 g/mol. The maximum atomic E-state index is 11.9. The highest BCUT2D eigenvalue weighted by molar-refractivity contribution is 5.85. The molecule has 2 rings (SSSR count). The lowest BCUT2D eigenvalue weighted by atomic mass is 10.2. The zero-order valence-corrected chi connectivity index (χ0v) is 13.7. The zero-order chi connectivity index (χ0) is 15.9. The molecule has 0 saturated carbocycles. The molecule has 0 spiro atoms. The Labute approximate surface area is 141 Å². The summed E-state index contributed by atoms with van der Waals surface area (Å²) in [6.45, 7) is 3.04. The van der Waals surface area contributed by atoms with Crippen LogP contribution < -0.4 is 14.8 Å². The number of hydrogen-bond acceptors (Lipinski definition) is 5. The van der Waals surface area contributed by atoms with E-state index in [1.165, 1.54) is 0 Å². The van der Waals surface area contributed by atoms with Crippen molar-refractivity contribution in [2.75, 3.05) is 26.4 Å². The maximum Gasteiger partial charge on any atom is 0.317 e. The van der Waals surface area contributed by atoms with Crippen LogP contribution in [-0.4, -0.2) is 48.3 Å². The minimum absolute atomic E-state index is 0. The molecule has 8 heteroatoms. The first kappa shape index (κ1) is 19.1. The normalized spacial score (nSPS) is 11.9. The number of carbonyl (C=O) groups excluding carboxylic acids is 1. The number of carboxylic acid groups (broad SMARTS) is 1. The average molecular weight is 345 g/mol. The van der Waals surface area contributed by atoms with Crippen LogP contribution in [0.3, 0.4) is 0 Å². The number of halogens is 1. The molecule has 0 unspecified atom stereocenters. The molecule has 0 aromatic heterocycles. The molecule has 0 saturated heterocycles. The Morgan fingerprint density at radius 3 is 2.70 bits per heavy atom. The van der Waals surface area contributed by atoms with E-state index in [4.69, 9.17) is 14.6 Å². The number of ether oxygens (including phenoxy) is 2. The third-order valence-electron chi connectivity index (χ3n) is 3.19. The van der Waals surface area contributed by atoms with Crippen LogP contribution in [0.2, 0.25) is 0 Å². The predicted octanol–water partition coefficient (Wildman–Crippen LogP) is 1.25. The van der Waals surface area contributed by atoms with Gasteiger partial charge in [-0.1, -0.05) is 13.0 Å². The van der Waals surface area contributed by atoms with Gasteiger partial charge in [0.25, 0.3) is 0 Å². The number of hydrogen-bond donors (Lipinski definition) is 2. The molecule has 1 aliphatic rings. The van der Waals surface area contributed by atoms with Gasteiger partial charge in [0.2, 0.25) is 12.7 Å². The Kier molecular flexibility index (Phi) is 7.64. The number of nitrogens with one attached hydrogen (secondary N) is 1. The number of carbonyl (C=O) groups is 2. The average Bonchev–Trinajstić information content (AvgIpc) is 2.92. The van der Waals surface area contributed by atoms with E-state index in [0.29, 0.717) is 24.6 Å². The quantitative estimate of drug-likeness (QED) is 0.738. The van der Waals surface area contributed by atoms with Gasteiger partial charge < -0.3 is 19.9 Å². The highest BCUT2D eigenvalue weighted by Gasteiger charge is 2.15. The minimum Gasteiger partial charge on any atom is -0.480 e. The first-order valence-corrected chi connectivity index (χ1v) is 7.18. The molecule has 1 aliphatic heterocycles. The Morgan fingerprint density at radius 1 is 1.26 bits per heavy atom. The van der Waals surface area contributed by atoms with Crippen molar-refractivity contribution in [3.05, 3.63) is 23.8 Å². The molecule has 1 amide bonds. The van der Waals surface area contributed by atoms with Crippen LogP contribution in [0.4, 0.5) is 0 Å². The maximum absolute atomic E-state index is 11.9. The molecule has 0 fully saturated rings. The summed E-state index contributed by atoms with van der Waals surface area (Å²) >= 11 is 0. The van der Waals surface area contributed by atoms with Gasteiger partial charge in [0.15, 0.2) is 11.5 Å². The van der Waals surface area contributed by atoms with Crippen molar-refractivity contribution in [1.82, 2.24) is 10.2 Å². The molecular weight excluding hydrogens is 324 g/mol. The van der Waals surface area contributed by atoms with Crippen LogP contribution in [0.15, 0.2) is 18.2 Å². The van der Waals surface area contributed by atoms with E-state index >= 15 is 0 Å². The molecule has 0 aliphatic carbocycles. The van der Waals surface area contributed by atoms with E-state index in [0.717, 1.165) is 12.0 Å². The van der Waals surface area contributed by atoms with Crippen LogP contribution in [0, 0.1) is 0 Å². The molecule has 1 aromatic carbocycles. The van der Waals surface area contributed by atoms with Crippen molar-refractivity contribution >= 4 is 24.3 Å². The fraction of sp³-hybridized carbons (Fsp3) is 0.467. The SMILES string of the molecule is CCCN(CC(=O)O)CC(=O)NCc1ccc2c(c1)OCO2.Cl. The lowest BCUT2D eigenvalue weighted by molar-refractivity contribution is -0.138. The van der Waals surface area contributed by atoms with E-state index in [1.807, 2.05) is 19.1 Å².